The van der Waals surface area contributed by atoms with Gasteiger partial charge in [-0.15, -0.1) is 0 Å². The number of thiazole rings is 1. The Balaban J connectivity index is 2.73. The van der Waals surface area contributed by atoms with E-state index in [0.717, 1.165) is 4.73 Å². The highest BCUT2D eigenvalue weighted by molar-refractivity contribution is 7.07. The van der Waals surface area contributed by atoms with Crippen LogP contribution >= 0.6 is 11.3 Å². The smallest absolute Gasteiger partial charge is 0.408 e. The second-order valence-electron chi connectivity index (χ2n) is 5.12. The van der Waals surface area contributed by atoms with Gasteiger partial charge in [0.25, 0.3) is 5.51 Å². The molecule has 1 amide bonds. The Morgan fingerprint density at radius 2 is 2.15 bits per heavy atom. The minimum atomic E-state index is -0.928. The lowest BCUT2D eigenvalue weighted by atomic mass is 10.1. The number of hydrogen-bond donors (Lipinski definition) is 2. The molecule has 0 fully saturated rings. The third-order valence-electron chi connectivity index (χ3n) is 2.25. The fourth-order valence-corrected chi connectivity index (χ4v) is 2.10. The minimum Gasteiger partial charge on any atom is -0.467 e. The minimum absolute atomic E-state index is 0.103. The van der Waals surface area contributed by atoms with Crippen LogP contribution in [-0.4, -0.2) is 36.0 Å². The molecule has 1 aromatic heterocycles. The van der Waals surface area contributed by atoms with Gasteiger partial charge in [-0.1, -0.05) is 11.3 Å². The molecule has 1 rings (SSSR count). The van der Waals surface area contributed by atoms with Gasteiger partial charge in [0.1, 0.15) is 11.6 Å². The molecule has 1 unspecified atom stereocenters. The molecule has 0 bridgehead atoms. The van der Waals surface area contributed by atoms with Gasteiger partial charge in [0.2, 0.25) is 5.69 Å². The van der Waals surface area contributed by atoms with E-state index in [1.165, 1.54) is 24.0 Å². The summed E-state index contributed by atoms with van der Waals surface area (Å²) in [5, 5.41) is 13.6. The molecule has 8 heteroatoms. The van der Waals surface area contributed by atoms with Crippen LogP contribution in [-0.2, 0) is 20.7 Å². The highest BCUT2D eigenvalue weighted by Crippen LogP contribution is 2.08. The highest BCUT2D eigenvalue weighted by atomic mass is 32.1. The molecule has 20 heavy (non-hydrogen) atoms. The van der Waals surface area contributed by atoms with Crippen molar-refractivity contribution in [2.75, 3.05) is 7.11 Å². The lowest BCUT2D eigenvalue weighted by molar-refractivity contribution is -0.906. The Labute approximate surface area is 121 Å². The van der Waals surface area contributed by atoms with Crippen molar-refractivity contribution < 1.29 is 29.0 Å². The molecular formula is C12H19N2O5S+. The third kappa shape index (κ3) is 5.04. The molecule has 0 radical (unpaired) electrons. The maximum atomic E-state index is 11.7. The summed E-state index contributed by atoms with van der Waals surface area (Å²) in [4.78, 5) is 23.4. The maximum absolute atomic E-state index is 11.7. The number of rotatable bonds is 4. The summed E-state index contributed by atoms with van der Waals surface area (Å²) in [5.41, 5.74) is 1.29. The first-order valence-corrected chi connectivity index (χ1v) is 6.90. The number of amides is 1. The van der Waals surface area contributed by atoms with E-state index in [1.807, 2.05) is 0 Å². The average Bonchev–Trinajstić information content (AvgIpc) is 2.70. The van der Waals surface area contributed by atoms with E-state index in [0.29, 0.717) is 5.69 Å². The number of nitrogens with one attached hydrogen (secondary N) is 1. The van der Waals surface area contributed by atoms with Crippen LogP contribution in [0.1, 0.15) is 26.5 Å². The SMILES string of the molecule is COC(=O)C(Cc1csc[n+]1O)NC(=O)OC(C)(C)C. The maximum Gasteiger partial charge on any atom is 0.408 e. The summed E-state index contributed by atoms with van der Waals surface area (Å²) in [6, 6.07) is -0.928. The highest BCUT2D eigenvalue weighted by Gasteiger charge is 2.29. The summed E-state index contributed by atoms with van der Waals surface area (Å²) in [6.07, 6.45) is -0.612. The lowest BCUT2D eigenvalue weighted by Crippen LogP contribution is -2.47. The number of methoxy groups -OCH3 is 1. The zero-order valence-electron chi connectivity index (χ0n) is 11.9. The van der Waals surface area contributed by atoms with Crippen molar-refractivity contribution >= 4 is 23.4 Å². The van der Waals surface area contributed by atoms with Crippen molar-refractivity contribution in [3.8, 4) is 0 Å². The number of ether oxygens (including phenoxy) is 2. The molecule has 1 atom stereocenters. The average molecular weight is 303 g/mol. The van der Waals surface area contributed by atoms with E-state index in [9.17, 15) is 14.8 Å². The van der Waals surface area contributed by atoms with Crippen molar-refractivity contribution in [3.63, 3.8) is 0 Å². The van der Waals surface area contributed by atoms with Crippen LogP contribution in [0.25, 0.3) is 0 Å². The molecule has 0 aliphatic rings. The molecule has 0 aliphatic carbocycles. The van der Waals surface area contributed by atoms with E-state index >= 15 is 0 Å². The van der Waals surface area contributed by atoms with Crippen LogP contribution in [0.3, 0.4) is 0 Å². The van der Waals surface area contributed by atoms with Crippen LogP contribution in [0.4, 0.5) is 4.79 Å². The number of carbonyl (C=O) groups excluding carboxylic acids is 2. The fraction of sp³-hybridized carbons (Fsp3) is 0.583. The first-order chi connectivity index (χ1) is 9.23. The molecule has 2 N–H and O–H groups in total. The monoisotopic (exact) mass is 303 g/mol. The van der Waals surface area contributed by atoms with Crippen LogP contribution in [0.15, 0.2) is 10.9 Å². The van der Waals surface area contributed by atoms with Gasteiger partial charge >= 0.3 is 12.1 Å². The Morgan fingerprint density at radius 1 is 1.50 bits per heavy atom. The fourth-order valence-electron chi connectivity index (χ4n) is 1.42. The Morgan fingerprint density at radius 3 is 2.60 bits per heavy atom. The Bertz CT molecular complexity index is 480. The van der Waals surface area contributed by atoms with Gasteiger partial charge in [-0.25, -0.2) is 9.59 Å². The Hall–Kier alpha value is -1.83. The number of aromatic nitrogens is 1. The van der Waals surface area contributed by atoms with Crippen LogP contribution in [0.5, 0.6) is 0 Å². The van der Waals surface area contributed by atoms with Gasteiger partial charge in [-0.05, 0) is 20.8 Å². The third-order valence-corrected chi connectivity index (χ3v) is 2.98. The zero-order chi connectivity index (χ0) is 15.3. The zero-order valence-corrected chi connectivity index (χ0v) is 12.7. The van der Waals surface area contributed by atoms with E-state index in [4.69, 9.17) is 4.74 Å². The van der Waals surface area contributed by atoms with Crippen molar-refractivity contribution in [1.82, 2.24) is 5.32 Å². The molecule has 0 saturated carbocycles. The Kier molecular flexibility index (Phi) is 5.32. The van der Waals surface area contributed by atoms with Crippen LogP contribution < -0.4 is 10.0 Å². The summed E-state index contributed by atoms with van der Waals surface area (Å²) >= 11 is 1.27. The molecule has 0 spiro atoms. The van der Waals surface area contributed by atoms with Gasteiger partial charge in [0.05, 0.1) is 18.9 Å². The molecular weight excluding hydrogens is 284 g/mol. The summed E-state index contributed by atoms with van der Waals surface area (Å²) < 4.78 is 10.6. The molecule has 1 aromatic rings. The topological polar surface area (TPSA) is 88.7 Å². The van der Waals surface area contributed by atoms with Gasteiger partial charge < -0.3 is 14.8 Å². The second-order valence-corrected chi connectivity index (χ2v) is 5.84. The molecule has 0 aromatic carbocycles. The number of hydrogen-bond acceptors (Lipinski definition) is 6. The summed E-state index contributed by atoms with van der Waals surface area (Å²) in [6.45, 7) is 5.17. The van der Waals surface area contributed by atoms with Crippen molar-refractivity contribution in [3.05, 3.63) is 16.6 Å². The molecule has 7 nitrogen and oxygen atoms in total. The van der Waals surface area contributed by atoms with Gasteiger partial charge in [0, 0.05) is 4.73 Å². The van der Waals surface area contributed by atoms with Crippen molar-refractivity contribution in [2.24, 2.45) is 0 Å². The molecule has 0 aliphatic heterocycles. The summed E-state index contributed by atoms with van der Waals surface area (Å²) in [5.74, 6) is -0.609. The van der Waals surface area contributed by atoms with Crippen LogP contribution in [0, 0.1) is 0 Å². The van der Waals surface area contributed by atoms with Crippen molar-refractivity contribution in [1.29, 1.82) is 0 Å². The van der Waals surface area contributed by atoms with Crippen molar-refractivity contribution in [2.45, 2.75) is 38.8 Å². The van der Waals surface area contributed by atoms with E-state index in [-0.39, 0.29) is 6.42 Å². The second kappa shape index (κ2) is 6.56. The van der Waals surface area contributed by atoms with E-state index < -0.39 is 23.7 Å². The number of carbonyl (C=O) groups is 2. The molecule has 1 heterocycles. The number of nitrogens with zero attached hydrogens (tertiary/aromatic N) is 1. The molecule has 0 saturated heterocycles. The first kappa shape index (κ1) is 16.2. The van der Waals surface area contributed by atoms with Gasteiger partial charge in [-0.3, -0.25) is 5.21 Å². The lowest BCUT2D eigenvalue weighted by Gasteiger charge is -2.21. The van der Waals surface area contributed by atoms with Crippen LogP contribution in [0.2, 0.25) is 0 Å². The number of esters is 1. The number of alkyl carbamates (subject to hydrolysis) is 1. The quantitative estimate of drug-likeness (QED) is 0.490. The van der Waals surface area contributed by atoms with Gasteiger partial charge in [-0.2, -0.15) is 0 Å². The van der Waals surface area contributed by atoms with E-state index in [2.05, 4.69) is 10.1 Å². The standard InChI is InChI=1S/C12H18N2O5S/c1-12(2,3)19-11(16)13-9(10(15)18-4)5-8-6-20-7-14(8)17/h6-7,9H,5H2,1-4H3,(H-,13,16,17)/p+1. The first-order valence-electron chi connectivity index (χ1n) is 5.96. The van der Waals surface area contributed by atoms with Gasteiger partial charge in [0.15, 0.2) is 0 Å². The largest absolute Gasteiger partial charge is 0.467 e. The predicted octanol–water partition coefficient (Wildman–Crippen LogP) is 0.882. The molecule has 112 valence electrons. The predicted molar refractivity (Wildman–Crippen MR) is 70.6 cm³/mol. The van der Waals surface area contributed by atoms with E-state index in [1.54, 1.807) is 26.2 Å². The normalized spacial score (nSPS) is 12.6. The summed E-state index contributed by atoms with van der Waals surface area (Å²) in [7, 11) is 1.23.